The maximum Gasteiger partial charge on any atom is -0.00188 e. The molecule has 0 aliphatic heterocycles. The van der Waals surface area contributed by atoms with Gasteiger partial charge in [0.05, 0.1) is 0 Å². The molecule has 0 saturated carbocycles. The lowest BCUT2D eigenvalue weighted by atomic mass is 10.2. The smallest absolute Gasteiger partial charge is 0.00188 e. The highest BCUT2D eigenvalue weighted by Crippen LogP contribution is 2.02. The van der Waals surface area contributed by atoms with Gasteiger partial charge < -0.3 is 9.80 Å². The second-order valence-electron chi connectivity index (χ2n) is 7.80. The highest BCUT2D eigenvalue weighted by molar-refractivity contribution is 5.75. The molecule has 0 aromatic rings. The van der Waals surface area contributed by atoms with Crippen LogP contribution in [0.4, 0.5) is 0 Å². The van der Waals surface area contributed by atoms with Crippen molar-refractivity contribution < 1.29 is 0 Å². The van der Waals surface area contributed by atoms with E-state index in [0.29, 0.717) is 0 Å². The van der Waals surface area contributed by atoms with E-state index in [-0.39, 0.29) is 11.0 Å². The number of nitrogens with zero attached hydrogens (tertiary/aromatic N) is 2. The number of rotatable bonds is 18. The minimum Gasteiger partial charge on any atom is -0.303 e. The van der Waals surface area contributed by atoms with E-state index in [1.165, 1.54) is 116 Å². The van der Waals surface area contributed by atoms with Crippen LogP contribution in [0.5, 0.6) is 0 Å². The van der Waals surface area contributed by atoms with Crippen LogP contribution in [-0.2, 0) is 0 Å². The Morgan fingerprint density at radius 3 is 0.593 bits per heavy atom. The summed E-state index contributed by atoms with van der Waals surface area (Å²) in [6, 6.07) is 0. The van der Waals surface area contributed by atoms with E-state index in [4.69, 9.17) is 0 Å². The predicted molar refractivity (Wildman–Crippen MR) is 134 cm³/mol. The zero-order chi connectivity index (χ0) is 19.9. The lowest BCUT2D eigenvalue weighted by Crippen LogP contribution is -2.27. The lowest BCUT2D eigenvalue weighted by Gasteiger charge is -2.21. The Balaban J connectivity index is -0.000000411. The van der Waals surface area contributed by atoms with Crippen molar-refractivity contribution in [2.45, 2.75) is 119 Å². The van der Waals surface area contributed by atoms with Gasteiger partial charge in [-0.05, 0) is 88.8 Å². The molecule has 3 heteroatoms. The Morgan fingerprint density at radius 2 is 0.481 bits per heavy atom. The van der Waals surface area contributed by atoms with Gasteiger partial charge in [0.2, 0.25) is 0 Å². The Bertz CT molecular complexity index is 174. The van der Waals surface area contributed by atoms with Crippen molar-refractivity contribution in [1.29, 1.82) is 0 Å². The summed E-state index contributed by atoms with van der Waals surface area (Å²) in [5.74, 6) is 0. The molecular formula is C24H58N2Si. The fraction of sp³-hybridized carbons (Fsp3) is 1.00. The van der Waals surface area contributed by atoms with Crippen LogP contribution >= 0.6 is 0 Å². The molecule has 0 heterocycles. The molecule has 168 valence electrons. The maximum absolute atomic E-state index is 2.64. The van der Waals surface area contributed by atoms with E-state index in [9.17, 15) is 0 Å². The van der Waals surface area contributed by atoms with Crippen molar-refractivity contribution in [3.05, 3.63) is 0 Å². The molecule has 0 spiro atoms. The van der Waals surface area contributed by atoms with Crippen LogP contribution in [0.15, 0.2) is 0 Å². The average Bonchev–Trinajstić information content (AvgIpc) is 2.67. The summed E-state index contributed by atoms with van der Waals surface area (Å²) in [5, 5.41) is 0. The van der Waals surface area contributed by atoms with Gasteiger partial charge in [-0.15, -0.1) is 0 Å². The molecule has 0 aromatic heterocycles. The highest BCUT2D eigenvalue weighted by Gasteiger charge is 2.02. The molecule has 0 unspecified atom stereocenters. The van der Waals surface area contributed by atoms with E-state index in [2.05, 4.69) is 51.3 Å². The first kappa shape index (κ1) is 31.8. The number of hydrogen-bond donors (Lipinski definition) is 0. The zero-order valence-corrected chi connectivity index (χ0v) is 19.6. The molecule has 0 bridgehead atoms. The highest BCUT2D eigenvalue weighted by atomic mass is 28.1. The van der Waals surface area contributed by atoms with E-state index in [1.54, 1.807) is 0 Å². The Kier molecular flexibility index (Phi) is 33.4. The first-order valence-corrected chi connectivity index (χ1v) is 12.1. The van der Waals surface area contributed by atoms with Gasteiger partial charge >= 0.3 is 0 Å². The molecule has 0 aliphatic rings. The van der Waals surface area contributed by atoms with Crippen molar-refractivity contribution >= 4 is 11.0 Å². The van der Waals surface area contributed by atoms with Crippen molar-refractivity contribution in [1.82, 2.24) is 9.80 Å². The second-order valence-corrected chi connectivity index (χ2v) is 7.80. The van der Waals surface area contributed by atoms with Crippen LogP contribution in [0.3, 0.4) is 0 Å². The Morgan fingerprint density at radius 1 is 0.333 bits per heavy atom. The Hall–Kier alpha value is 0.137. The van der Waals surface area contributed by atoms with E-state index >= 15 is 0 Å². The summed E-state index contributed by atoms with van der Waals surface area (Å²) in [6.45, 7) is 21.5. The lowest BCUT2D eigenvalue weighted by molar-refractivity contribution is 0.261. The van der Waals surface area contributed by atoms with E-state index in [1.807, 2.05) is 0 Å². The zero-order valence-electron chi connectivity index (χ0n) is 19.6. The third kappa shape index (κ3) is 26.1. The van der Waals surface area contributed by atoms with Gasteiger partial charge in [-0.25, -0.2) is 0 Å². The van der Waals surface area contributed by atoms with Gasteiger partial charge in [-0.3, -0.25) is 0 Å². The molecule has 0 atom stereocenters. The molecular weight excluding hydrogens is 344 g/mol. The topological polar surface area (TPSA) is 6.48 Å². The maximum atomic E-state index is 2.64. The van der Waals surface area contributed by atoms with Crippen molar-refractivity contribution in [2.75, 3.05) is 39.3 Å². The summed E-state index contributed by atoms with van der Waals surface area (Å²) < 4.78 is 0. The fourth-order valence-corrected chi connectivity index (χ4v) is 2.96. The van der Waals surface area contributed by atoms with Crippen LogP contribution in [-0.4, -0.2) is 60.0 Å². The molecule has 0 rings (SSSR count). The summed E-state index contributed by atoms with van der Waals surface area (Å²) in [6.07, 6.45) is 16.2. The summed E-state index contributed by atoms with van der Waals surface area (Å²) in [4.78, 5) is 5.27. The van der Waals surface area contributed by atoms with Gasteiger partial charge in [0.1, 0.15) is 0 Å². The molecule has 0 radical (unpaired) electrons. The molecule has 0 N–H and O–H groups in total. The van der Waals surface area contributed by atoms with E-state index < -0.39 is 0 Å². The predicted octanol–water partition coefficient (Wildman–Crippen LogP) is 5.93. The third-order valence-corrected chi connectivity index (χ3v) is 4.97. The quantitative estimate of drug-likeness (QED) is 0.262. The van der Waals surface area contributed by atoms with Crippen molar-refractivity contribution in [3.63, 3.8) is 0 Å². The molecule has 0 amide bonds. The fourth-order valence-electron chi connectivity index (χ4n) is 2.96. The standard InChI is InChI=1S/2C12H27N.H4Si/c2*1-4-7-10-13(11-8-5-2)12-9-6-3;/h2*4-12H2,1-3H3;1H4. The normalized spacial score (nSPS) is 10.7. The number of unbranched alkanes of at least 4 members (excludes halogenated alkanes) is 6. The summed E-state index contributed by atoms with van der Waals surface area (Å²) in [7, 11) is 0. The first-order valence-electron chi connectivity index (χ1n) is 12.1. The van der Waals surface area contributed by atoms with Crippen molar-refractivity contribution in [3.8, 4) is 0 Å². The van der Waals surface area contributed by atoms with Gasteiger partial charge in [0.15, 0.2) is 0 Å². The van der Waals surface area contributed by atoms with Gasteiger partial charge in [0.25, 0.3) is 0 Å². The minimum atomic E-state index is 0. The second kappa shape index (κ2) is 28.3. The van der Waals surface area contributed by atoms with Gasteiger partial charge in [-0.2, -0.15) is 0 Å². The van der Waals surface area contributed by atoms with Gasteiger partial charge in [-0.1, -0.05) is 80.1 Å². The molecule has 0 saturated heterocycles. The van der Waals surface area contributed by atoms with Gasteiger partial charge in [0, 0.05) is 0 Å². The molecule has 2 nitrogen and oxygen atoms in total. The van der Waals surface area contributed by atoms with Crippen LogP contribution in [0.1, 0.15) is 119 Å². The average molecular weight is 403 g/mol. The molecule has 0 aromatic carbocycles. The van der Waals surface area contributed by atoms with Crippen LogP contribution < -0.4 is 0 Å². The van der Waals surface area contributed by atoms with Crippen LogP contribution in [0.25, 0.3) is 0 Å². The number of hydrogen-bond acceptors (Lipinski definition) is 2. The third-order valence-electron chi connectivity index (χ3n) is 4.97. The molecule has 27 heavy (non-hydrogen) atoms. The molecule has 0 aliphatic carbocycles. The van der Waals surface area contributed by atoms with Crippen LogP contribution in [0, 0.1) is 0 Å². The monoisotopic (exact) mass is 402 g/mol. The first-order chi connectivity index (χ1) is 12.7. The van der Waals surface area contributed by atoms with E-state index in [0.717, 1.165) is 0 Å². The Labute approximate surface area is 178 Å². The largest absolute Gasteiger partial charge is 0.303 e. The van der Waals surface area contributed by atoms with Crippen molar-refractivity contribution in [2.24, 2.45) is 0 Å². The minimum absolute atomic E-state index is 0. The SMILES string of the molecule is CCCCN(CCCC)CCCC.CCCCN(CCCC)CCCC.[SiH4]. The summed E-state index contributed by atoms with van der Waals surface area (Å²) in [5.41, 5.74) is 0. The summed E-state index contributed by atoms with van der Waals surface area (Å²) >= 11 is 0. The molecule has 0 fully saturated rings. The van der Waals surface area contributed by atoms with Crippen LogP contribution in [0.2, 0.25) is 0 Å².